The average molecular weight is 393 g/mol. The lowest BCUT2D eigenvalue weighted by molar-refractivity contribution is -0.119. The van der Waals surface area contributed by atoms with Crippen molar-refractivity contribution in [1.82, 2.24) is 5.32 Å². The molecule has 128 valence electrons. The van der Waals surface area contributed by atoms with Gasteiger partial charge in [-0.25, -0.2) is 0 Å². The summed E-state index contributed by atoms with van der Waals surface area (Å²) in [5, 5.41) is 5.94. The molecule has 2 rings (SSSR count). The van der Waals surface area contributed by atoms with Crippen LogP contribution in [0.15, 0.2) is 46.9 Å². The highest BCUT2D eigenvalue weighted by atomic mass is 79.9. The Bertz CT molecular complexity index is 674. The van der Waals surface area contributed by atoms with Gasteiger partial charge in [0.1, 0.15) is 18.1 Å². The van der Waals surface area contributed by atoms with Crippen molar-refractivity contribution in [2.45, 2.75) is 6.92 Å². The highest BCUT2D eigenvalue weighted by Crippen LogP contribution is 2.19. The van der Waals surface area contributed by atoms with Crippen LogP contribution in [0.5, 0.6) is 11.5 Å². The summed E-state index contributed by atoms with van der Waals surface area (Å²) in [5.41, 5.74) is 2.03. The van der Waals surface area contributed by atoms with E-state index in [-0.39, 0.29) is 12.5 Å². The Morgan fingerprint density at radius 3 is 2.50 bits per heavy atom. The van der Waals surface area contributed by atoms with Gasteiger partial charge in [-0.15, -0.1) is 0 Å². The van der Waals surface area contributed by atoms with E-state index in [0.29, 0.717) is 13.2 Å². The lowest BCUT2D eigenvalue weighted by Crippen LogP contribution is -2.33. The number of anilines is 1. The van der Waals surface area contributed by atoms with Crippen molar-refractivity contribution in [3.63, 3.8) is 0 Å². The molecule has 0 saturated carbocycles. The lowest BCUT2D eigenvalue weighted by Gasteiger charge is -2.11. The van der Waals surface area contributed by atoms with Gasteiger partial charge in [-0.1, -0.05) is 15.9 Å². The quantitative estimate of drug-likeness (QED) is 0.676. The number of ether oxygens (including phenoxy) is 2. The monoisotopic (exact) mass is 392 g/mol. The molecule has 0 spiro atoms. The molecule has 2 aromatic carbocycles. The molecule has 0 aliphatic carbocycles. The standard InChI is InChI=1S/C18H21BrN2O3/c1-13-11-14(19)3-8-17(13)21-12-18(22)20-9-10-24-16-6-4-15(23-2)5-7-16/h3-8,11,21H,9-10,12H2,1-2H3,(H,20,22). The van der Waals surface area contributed by atoms with E-state index >= 15 is 0 Å². The zero-order chi connectivity index (χ0) is 17.4. The van der Waals surface area contributed by atoms with E-state index in [2.05, 4.69) is 26.6 Å². The highest BCUT2D eigenvalue weighted by molar-refractivity contribution is 9.10. The molecule has 24 heavy (non-hydrogen) atoms. The fourth-order valence-electron chi connectivity index (χ4n) is 2.09. The van der Waals surface area contributed by atoms with Gasteiger partial charge in [0, 0.05) is 10.2 Å². The molecule has 0 heterocycles. The third-order valence-corrected chi connectivity index (χ3v) is 3.87. The van der Waals surface area contributed by atoms with E-state index in [9.17, 15) is 4.79 Å². The third kappa shape index (κ3) is 5.77. The Morgan fingerprint density at radius 1 is 1.12 bits per heavy atom. The van der Waals surface area contributed by atoms with Crippen LogP contribution in [0.4, 0.5) is 5.69 Å². The topological polar surface area (TPSA) is 59.6 Å². The summed E-state index contributed by atoms with van der Waals surface area (Å²) >= 11 is 3.42. The molecule has 0 radical (unpaired) electrons. The summed E-state index contributed by atoms with van der Waals surface area (Å²) in [4.78, 5) is 11.8. The maximum atomic E-state index is 11.8. The Balaban J connectivity index is 1.65. The van der Waals surface area contributed by atoms with Crippen molar-refractivity contribution in [3.05, 3.63) is 52.5 Å². The van der Waals surface area contributed by atoms with Gasteiger partial charge < -0.3 is 20.1 Å². The molecule has 1 amide bonds. The largest absolute Gasteiger partial charge is 0.497 e. The number of carbonyl (C=O) groups is 1. The summed E-state index contributed by atoms with van der Waals surface area (Å²) in [7, 11) is 1.62. The van der Waals surface area contributed by atoms with Gasteiger partial charge in [-0.05, 0) is 55.0 Å². The number of rotatable bonds is 8. The number of benzene rings is 2. The van der Waals surface area contributed by atoms with Gasteiger partial charge in [0.05, 0.1) is 20.2 Å². The van der Waals surface area contributed by atoms with Crippen LogP contribution in [-0.2, 0) is 4.79 Å². The molecule has 2 aromatic rings. The number of amides is 1. The van der Waals surface area contributed by atoms with Gasteiger partial charge in [-0.3, -0.25) is 4.79 Å². The van der Waals surface area contributed by atoms with Crippen molar-refractivity contribution >= 4 is 27.5 Å². The molecular weight excluding hydrogens is 372 g/mol. The van der Waals surface area contributed by atoms with Gasteiger partial charge >= 0.3 is 0 Å². The normalized spacial score (nSPS) is 10.1. The van der Waals surface area contributed by atoms with Gasteiger partial charge in [0.25, 0.3) is 0 Å². The average Bonchev–Trinajstić information content (AvgIpc) is 2.58. The zero-order valence-electron chi connectivity index (χ0n) is 13.8. The molecule has 0 unspecified atom stereocenters. The maximum absolute atomic E-state index is 11.8. The molecule has 0 atom stereocenters. The molecule has 2 N–H and O–H groups in total. The molecular formula is C18H21BrN2O3. The Hall–Kier alpha value is -2.21. The minimum atomic E-state index is -0.0735. The minimum absolute atomic E-state index is 0.0735. The van der Waals surface area contributed by atoms with Crippen molar-refractivity contribution in [2.24, 2.45) is 0 Å². The zero-order valence-corrected chi connectivity index (χ0v) is 15.4. The molecule has 0 fully saturated rings. The van der Waals surface area contributed by atoms with Crippen LogP contribution in [0.25, 0.3) is 0 Å². The van der Waals surface area contributed by atoms with Crippen LogP contribution in [0.2, 0.25) is 0 Å². The summed E-state index contributed by atoms with van der Waals surface area (Å²) in [6.07, 6.45) is 0. The number of hydrogen-bond donors (Lipinski definition) is 2. The fourth-order valence-corrected chi connectivity index (χ4v) is 2.57. The van der Waals surface area contributed by atoms with Crippen LogP contribution in [0.3, 0.4) is 0 Å². The number of carbonyl (C=O) groups excluding carboxylic acids is 1. The second kappa shape index (κ2) is 9.17. The van der Waals surface area contributed by atoms with Crippen molar-refractivity contribution in [3.8, 4) is 11.5 Å². The highest BCUT2D eigenvalue weighted by Gasteiger charge is 2.03. The first-order valence-corrected chi connectivity index (χ1v) is 8.41. The molecule has 5 nitrogen and oxygen atoms in total. The second-order valence-corrected chi connectivity index (χ2v) is 6.10. The second-order valence-electron chi connectivity index (χ2n) is 5.19. The van der Waals surface area contributed by atoms with E-state index in [1.807, 2.05) is 49.4 Å². The molecule has 0 aliphatic rings. The first-order chi connectivity index (χ1) is 11.6. The number of nitrogens with one attached hydrogen (secondary N) is 2. The molecule has 0 aliphatic heterocycles. The Labute approximate surface area is 150 Å². The van der Waals surface area contributed by atoms with Crippen molar-refractivity contribution < 1.29 is 14.3 Å². The fraction of sp³-hybridized carbons (Fsp3) is 0.278. The first kappa shape index (κ1) is 18.1. The molecule has 6 heteroatoms. The predicted molar refractivity (Wildman–Crippen MR) is 98.9 cm³/mol. The summed E-state index contributed by atoms with van der Waals surface area (Å²) in [6, 6.07) is 13.2. The van der Waals surface area contributed by atoms with E-state index in [0.717, 1.165) is 27.2 Å². The minimum Gasteiger partial charge on any atom is -0.497 e. The lowest BCUT2D eigenvalue weighted by atomic mass is 10.2. The summed E-state index contributed by atoms with van der Waals surface area (Å²) < 4.78 is 11.7. The van der Waals surface area contributed by atoms with Crippen LogP contribution >= 0.6 is 15.9 Å². The van der Waals surface area contributed by atoms with Gasteiger partial charge in [-0.2, -0.15) is 0 Å². The third-order valence-electron chi connectivity index (χ3n) is 3.38. The van der Waals surface area contributed by atoms with E-state index in [4.69, 9.17) is 9.47 Å². The van der Waals surface area contributed by atoms with Gasteiger partial charge in [0.2, 0.25) is 5.91 Å². The summed E-state index contributed by atoms with van der Waals surface area (Å²) in [5.74, 6) is 1.45. The predicted octanol–water partition coefficient (Wildman–Crippen LogP) is 3.37. The Morgan fingerprint density at radius 2 is 1.83 bits per heavy atom. The number of hydrogen-bond acceptors (Lipinski definition) is 4. The van der Waals surface area contributed by atoms with Crippen LogP contribution in [0.1, 0.15) is 5.56 Å². The first-order valence-electron chi connectivity index (χ1n) is 7.62. The van der Waals surface area contributed by atoms with Crippen molar-refractivity contribution in [2.75, 3.05) is 32.1 Å². The van der Waals surface area contributed by atoms with E-state index in [1.54, 1.807) is 7.11 Å². The maximum Gasteiger partial charge on any atom is 0.239 e. The van der Waals surface area contributed by atoms with Crippen molar-refractivity contribution in [1.29, 1.82) is 0 Å². The van der Waals surface area contributed by atoms with Gasteiger partial charge in [0.15, 0.2) is 0 Å². The molecule has 0 aromatic heterocycles. The summed E-state index contributed by atoms with van der Waals surface area (Å²) in [6.45, 7) is 3.08. The number of aryl methyl sites for hydroxylation is 1. The number of methoxy groups -OCH3 is 1. The van der Waals surface area contributed by atoms with Crippen LogP contribution < -0.4 is 20.1 Å². The van der Waals surface area contributed by atoms with Crippen LogP contribution in [-0.4, -0.2) is 32.7 Å². The molecule has 0 bridgehead atoms. The van der Waals surface area contributed by atoms with Crippen LogP contribution in [0, 0.1) is 6.92 Å². The Kier molecular flexibility index (Phi) is 6.93. The number of halogens is 1. The van der Waals surface area contributed by atoms with E-state index < -0.39 is 0 Å². The smallest absolute Gasteiger partial charge is 0.239 e. The van der Waals surface area contributed by atoms with E-state index in [1.165, 1.54) is 0 Å². The SMILES string of the molecule is COc1ccc(OCCNC(=O)CNc2ccc(Br)cc2C)cc1. The molecule has 0 saturated heterocycles.